The number of hydrogen-bond donors (Lipinski definition) is 2. The van der Waals surface area contributed by atoms with Gasteiger partial charge in [-0.2, -0.15) is 4.99 Å². The summed E-state index contributed by atoms with van der Waals surface area (Å²) in [6, 6.07) is 0. The van der Waals surface area contributed by atoms with Crippen molar-refractivity contribution in [2.45, 2.75) is 20.0 Å². The number of carbonyl (C=O) groups is 2. The third kappa shape index (κ3) is 4.55. The Morgan fingerprint density at radius 3 is 2.27 bits per heavy atom. The molecule has 0 aliphatic heterocycles. The molecule has 0 radical (unpaired) electrons. The first kappa shape index (κ1) is 13.6. The van der Waals surface area contributed by atoms with Crippen molar-refractivity contribution in [3.8, 4) is 0 Å². The van der Waals surface area contributed by atoms with E-state index in [9.17, 15) is 14.7 Å². The van der Waals surface area contributed by atoms with Gasteiger partial charge >= 0.3 is 12.1 Å². The van der Waals surface area contributed by atoms with Crippen LogP contribution in [0.3, 0.4) is 0 Å². The average Bonchev–Trinajstić information content (AvgIpc) is 2.16. The zero-order valence-electron chi connectivity index (χ0n) is 8.88. The van der Waals surface area contributed by atoms with E-state index >= 15 is 0 Å². The van der Waals surface area contributed by atoms with Crippen molar-refractivity contribution < 1.29 is 24.5 Å². The van der Waals surface area contributed by atoms with Gasteiger partial charge in [-0.25, -0.2) is 4.79 Å². The minimum atomic E-state index is -1.14. The molecule has 15 heavy (non-hydrogen) atoms. The largest absolute Gasteiger partial charge is 0.481 e. The average molecular weight is 217 g/mol. The Bertz CT molecular complexity index is 261. The topological polar surface area (TPSA) is 96.2 Å². The van der Waals surface area contributed by atoms with E-state index in [2.05, 4.69) is 9.73 Å². The first-order chi connectivity index (χ1) is 6.90. The van der Waals surface area contributed by atoms with Gasteiger partial charge in [-0.15, -0.1) is 0 Å². The number of aliphatic hydroxyl groups is 1. The molecule has 0 aliphatic carbocycles. The van der Waals surface area contributed by atoms with Gasteiger partial charge < -0.3 is 14.9 Å². The van der Waals surface area contributed by atoms with E-state index in [0.29, 0.717) is 0 Å². The highest BCUT2D eigenvalue weighted by atomic mass is 16.5. The number of aliphatic hydroxyl groups excluding tert-OH is 1. The van der Waals surface area contributed by atoms with Gasteiger partial charge in [-0.05, 0) is 6.92 Å². The molecule has 0 saturated carbocycles. The normalized spacial score (nSPS) is 17.1. The number of amides is 1. The molecule has 6 nitrogen and oxygen atoms in total. The molecule has 0 aromatic heterocycles. The monoisotopic (exact) mass is 217 g/mol. The van der Waals surface area contributed by atoms with Crippen LogP contribution in [0.2, 0.25) is 0 Å². The van der Waals surface area contributed by atoms with Crippen molar-refractivity contribution in [3.05, 3.63) is 0 Å². The Hall–Kier alpha value is -1.43. The van der Waals surface area contributed by atoms with E-state index in [4.69, 9.17) is 5.11 Å². The number of carboxylic acid groups (broad SMARTS) is 1. The van der Waals surface area contributed by atoms with Gasteiger partial charge in [0.05, 0.1) is 19.1 Å². The number of nitrogens with zero attached hydrogens (tertiary/aromatic N) is 1. The second-order valence-corrected chi connectivity index (χ2v) is 3.21. The highest BCUT2D eigenvalue weighted by Crippen LogP contribution is 2.14. The number of hydrogen-bond acceptors (Lipinski definition) is 4. The SMILES string of the molecule is COC(=O)N=CC(C(=O)O)C(C)C(C)O. The summed E-state index contributed by atoms with van der Waals surface area (Å²) in [7, 11) is 1.15. The molecule has 3 unspecified atom stereocenters. The zero-order chi connectivity index (χ0) is 12.0. The van der Waals surface area contributed by atoms with Crippen LogP contribution in [0.1, 0.15) is 13.8 Å². The van der Waals surface area contributed by atoms with E-state index in [1.54, 1.807) is 6.92 Å². The van der Waals surface area contributed by atoms with Crippen LogP contribution in [0.25, 0.3) is 0 Å². The third-order valence-electron chi connectivity index (χ3n) is 2.13. The summed E-state index contributed by atoms with van der Waals surface area (Å²) in [5, 5.41) is 18.0. The van der Waals surface area contributed by atoms with Crippen LogP contribution >= 0.6 is 0 Å². The first-order valence-electron chi connectivity index (χ1n) is 4.43. The van der Waals surface area contributed by atoms with Crippen molar-refractivity contribution >= 4 is 18.3 Å². The van der Waals surface area contributed by atoms with Crippen LogP contribution < -0.4 is 0 Å². The van der Waals surface area contributed by atoms with Crippen LogP contribution in [0.15, 0.2) is 4.99 Å². The van der Waals surface area contributed by atoms with Gasteiger partial charge in [0.25, 0.3) is 0 Å². The Labute approximate surface area is 87.6 Å². The second-order valence-electron chi connectivity index (χ2n) is 3.21. The zero-order valence-corrected chi connectivity index (χ0v) is 8.88. The molecule has 0 saturated heterocycles. The molecule has 0 heterocycles. The summed E-state index contributed by atoms with van der Waals surface area (Å²) in [4.78, 5) is 24.7. The molecular weight excluding hydrogens is 202 g/mol. The maximum absolute atomic E-state index is 10.8. The van der Waals surface area contributed by atoms with Crippen molar-refractivity contribution in [2.24, 2.45) is 16.8 Å². The quantitative estimate of drug-likeness (QED) is 0.670. The van der Waals surface area contributed by atoms with Crippen molar-refractivity contribution in [3.63, 3.8) is 0 Å². The highest BCUT2D eigenvalue weighted by Gasteiger charge is 2.26. The molecule has 0 aliphatic rings. The van der Waals surface area contributed by atoms with Gasteiger partial charge in [0.15, 0.2) is 0 Å². The van der Waals surface area contributed by atoms with Crippen molar-refractivity contribution in [2.75, 3.05) is 7.11 Å². The Morgan fingerprint density at radius 2 is 1.93 bits per heavy atom. The molecule has 0 fully saturated rings. The molecule has 0 rings (SSSR count). The molecule has 0 aromatic carbocycles. The molecule has 0 spiro atoms. The molecule has 0 bridgehead atoms. The predicted octanol–water partition coefficient (Wildman–Crippen LogP) is 0.541. The predicted molar refractivity (Wildman–Crippen MR) is 52.9 cm³/mol. The second kappa shape index (κ2) is 6.13. The molecule has 6 heteroatoms. The molecule has 2 N–H and O–H groups in total. The fourth-order valence-corrected chi connectivity index (χ4v) is 0.918. The first-order valence-corrected chi connectivity index (χ1v) is 4.43. The van der Waals surface area contributed by atoms with Gasteiger partial charge in [0.1, 0.15) is 0 Å². The van der Waals surface area contributed by atoms with Crippen LogP contribution in [0.5, 0.6) is 0 Å². The highest BCUT2D eigenvalue weighted by molar-refractivity contribution is 5.93. The number of methoxy groups -OCH3 is 1. The summed E-state index contributed by atoms with van der Waals surface area (Å²) in [6.45, 7) is 3.04. The van der Waals surface area contributed by atoms with Gasteiger partial charge in [-0.3, -0.25) is 4.79 Å². The summed E-state index contributed by atoms with van der Waals surface area (Å²) >= 11 is 0. The molecule has 1 amide bonds. The summed E-state index contributed by atoms with van der Waals surface area (Å²) in [6.07, 6.45) is -0.680. The number of carboxylic acids is 1. The van der Waals surface area contributed by atoms with Crippen LogP contribution in [0.4, 0.5) is 4.79 Å². The lowest BCUT2D eigenvalue weighted by atomic mass is 9.91. The van der Waals surface area contributed by atoms with E-state index in [0.717, 1.165) is 13.3 Å². The van der Waals surface area contributed by atoms with Crippen molar-refractivity contribution in [1.29, 1.82) is 0 Å². The fraction of sp³-hybridized carbons (Fsp3) is 0.667. The lowest BCUT2D eigenvalue weighted by molar-refractivity contribution is -0.141. The summed E-state index contributed by atoms with van der Waals surface area (Å²) in [5.74, 6) is -2.68. The number of carbonyl (C=O) groups excluding carboxylic acids is 1. The number of rotatable bonds is 4. The van der Waals surface area contributed by atoms with Gasteiger partial charge in [0.2, 0.25) is 0 Å². The van der Waals surface area contributed by atoms with Crippen LogP contribution in [-0.2, 0) is 9.53 Å². The lowest BCUT2D eigenvalue weighted by Crippen LogP contribution is -2.30. The number of aliphatic carboxylic acids is 1. The summed E-state index contributed by atoms with van der Waals surface area (Å²) in [5.41, 5.74) is 0. The maximum atomic E-state index is 10.8. The van der Waals surface area contributed by atoms with E-state index in [1.807, 2.05) is 0 Å². The smallest absolute Gasteiger partial charge is 0.432 e. The maximum Gasteiger partial charge on any atom is 0.432 e. The Morgan fingerprint density at radius 1 is 1.40 bits per heavy atom. The minimum absolute atomic E-state index is 0.532. The Balaban J connectivity index is 4.62. The van der Waals surface area contributed by atoms with Crippen molar-refractivity contribution in [1.82, 2.24) is 0 Å². The van der Waals surface area contributed by atoms with Crippen LogP contribution in [-0.4, -0.2) is 41.7 Å². The van der Waals surface area contributed by atoms with Gasteiger partial charge in [-0.1, -0.05) is 6.92 Å². The molecule has 0 aromatic rings. The van der Waals surface area contributed by atoms with E-state index in [1.165, 1.54) is 6.92 Å². The fourth-order valence-electron chi connectivity index (χ4n) is 0.918. The number of aliphatic imine (C=N–C) groups is 1. The van der Waals surface area contributed by atoms with Crippen LogP contribution in [0, 0.1) is 11.8 Å². The van der Waals surface area contributed by atoms with E-state index < -0.39 is 30.0 Å². The minimum Gasteiger partial charge on any atom is -0.481 e. The molecular formula is C9H15NO5. The third-order valence-corrected chi connectivity index (χ3v) is 2.13. The summed E-state index contributed by atoms with van der Waals surface area (Å²) < 4.78 is 4.23. The molecule has 86 valence electrons. The standard InChI is InChI=1S/C9H15NO5/c1-5(6(2)11)7(8(12)13)4-10-9(14)15-3/h4-7,11H,1-3H3,(H,12,13). The Kier molecular flexibility index (Phi) is 5.54. The lowest BCUT2D eigenvalue weighted by Gasteiger charge is -2.18. The molecule has 3 atom stereocenters. The van der Waals surface area contributed by atoms with E-state index in [-0.39, 0.29) is 0 Å². The van der Waals surface area contributed by atoms with Gasteiger partial charge in [0, 0.05) is 12.1 Å². The number of ether oxygens (including phenoxy) is 1.